The molecule has 4 nitrogen and oxygen atoms in total. The molecule has 2 aromatic carbocycles. The molecule has 0 saturated heterocycles. The monoisotopic (exact) mass is 377 g/mol. The number of rotatable bonds is 8. The van der Waals surface area contributed by atoms with Crippen molar-refractivity contribution in [3.63, 3.8) is 0 Å². The number of hydrogen-bond acceptors (Lipinski definition) is 3. The molecular weight excluding hydrogens is 357 g/mol. The Kier molecular flexibility index (Phi) is 5.99. The molecule has 0 heterocycles. The first-order valence-electron chi connectivity index (χ1n) is 8.67. The van der Waals surface area contributed by atoms with E-state index in [1.807, 2.05) is 19.1 Å². The van der Waals surface area contributed by atoms with Gasteiger partial charge in [-0.3, -0.25) is 4.79 Å². The number of carbonyl (C=O) groups excluding carboxylic acids is 1. The van der Waals surface area contributed by atoms with E-state index in [0.29, 0.717) is 28.7 Å². The van der Waals surface area contributed by atoms with Crippen LogP contribution in [0.3, 0.4) is 0 Å². The third-order valence-corrected chi connectivity index (χ3v) is 4.55. The molecule has 26 heavy (non-hydrogen) atoms. The minimum absolute atomic E-state index is 0.115. The minimum Gasteiger partial charge on any atom is -0.490 e. The van der Waals surface area contributed by atoms with Crippen molar-refractivity contribution < 1.29 is 18.7 Å². The summed E-state index contributed by atoms with van der Waals surface area (Å²) in [6.07, 6.45) is 1.82. The Morgan fingerprint density at radius 1 is 1.15 bits per heavy atom. The van der Waals surface area contributed by atoms with E-state index in [1.54, 1.807) is 29.2 Å². The summed E-state index contributed by atoms with van der Waals surface area (Å²) < 4.78 is 25.2. The predicted molar refractivity (Wildman–Crippen MR) is 98.1 cm³/mol. The van der Waals surface area contributed by atoms with E-state index >= 15 is 0 Å². The Bertz CT molecular complexity index is 759. The van der Waals surface area contributed by atoms with Gasteiger partial charge in [0.15, 0.2) is 18.1 Å². The third kappa shape index (κ3) is 4.47. The molecule has 0 radical (unpaired) electrons. The number of para-hydroxylation sites is 2. The summed E-state index contributed by atoms with van der Waals surface area (Å²) in [5.74, 6) is 0.511. The second-order valence-corrected chi connectivity index (χ2v) is 6.53. The zero-order valence-corrected chi connectivity index (χ0v) is 15.3. The van der Waals surface area contributed by atoms with E-state index in [4.69, 9.17) is 21.1 Å². The highest BCUT2D eigenvalue weighted by Gasteiger charge is 2.33. The summed E-state index contributed by atoms with van der Waals surface area (Å²) in [6, 6.07) is 11.9. The van der Waals surface area contributed by atoms with Crippen molar-refractivity contribution in [2.45, 2.75) is 32.4 Å². The molecular formula is C20H21ClFNO3. The molecule has 0 spiro atoms. The average Bonchev–Trinajstić information content (AvgIpc) is 3.46. The van der Waals surface area contributed by atoms with Crippen molar-refractivity contribution >= 4 is 17.5 Å². The zero-order chi connectivity index (χ0) is 18.5. The molecule has 0 atom stereocenters. The van der Waals surface area contributed by atoms with Gasteiger partial charge in [0.05, 0.1) is 13.2 Å². The van der Waals surface area contributed by atoms with Gasteiger partial charge >= 0.3 is 0 Å². The standard InChI is InChI=1S/C20H21ClFNO3/c1-2-25-18-8-3-4-9-19(18)26-13-20(24)23(14-10-11-14)12-15-16(21)6-5-7-17(15)22/h3-9,14H,2,10-13H2,1H3. The maximum Gasteiger partial charge on any atom is 0.261 e. The molecule has 0 bridgehead atoms. The van der Waals surface area contributed by atoms with Gasteiger partial charge in [0.1, 0.15) is 5.82 Å². The van der Waals surface area contributed by atoms with Gasteiger partial charge in [0, 0.05) is 16.6 Å². The van der Waals surface area contributed by atoms with Gasteiger partial charge in [-0.05, 0) is 44.0 Å². The number of amides is 1. The summed E-state index contributed by atoms with van der Waals surface area (Å²) in [5.41, 5.74) is 0.337. The third-order valence-electron chi connectivity index (χ3n) is 4.20. The second-order valence-electron chi connectivity index (χ2n) is 6.12. The van der Waals surface area contributed by atoms with Gasteiger partial charge in [0.2, 0.25) is 0 Å². The summed E-state index contributed by atoms with van der Waals surface area (Å²) >= 11 is 6.11. The van der Waals surface area contributed by atoms with Crippen LogP contribution in [0.2, 0.25) is 5.02 Å². The van der Waals surface area contributed by atoms with Crippen LogP contribution in [0.15, 0.2) is 42.5 Å². The Balaban J connectivity index is 1.69. The molecule has 0 N–H and O–H groups in total. The second kappa shape index (κ2) is 8.41. The van der Waals surface area contributed by atoms with Crippen molar-refractivity contribution in [1.29, 1.82) is 0 Å². The molecule has 0 aromatic heterocycles. The first-order valence-corrected chi connectivity index (χ1v) is 9.05. The van der Waals surface area contributed by atoms with Crippen molar-refractivity contribution in [2.24, 2.45) is 0 Å². The van der Waals surface area contributed by atoms with Crippen LogP contribution in [-0.2, 0) is 11.3 Å². The number of hydrogen-bond donors (Lipinski definition) is 0. The average molecular weight is 378 g/mol. The highest BCUT2D eigenvalue weighted by atomic mass is 35.5. The summed E-state index contributed by atoms with van der Waals surface area (Å²) in [5, 5.41) is 0.325. The van der Waals surface area contributed by atoms with Crippen molar-refractivity contribution in [2.75, 3.05) is 13.2 Å². The first-order chi connectivity index (χ1) is 12.6. The van der Waals surface area contributed by atoms with E-state index in [9.17, 15) is 9.18 Å². The summed E-state index contributed by atoms with van der Waals surface area (Å²) in [7, 11) is 0. The lowest BCUT2D eigenvalue weighted by Crippen LogP contribution is -2.36. The first kappa shape index (κ1) is 18.5. The fourth-order valence-corrected chi connectivity index (χ4v) is 2.95. The Labute approximate surface area is 157 Å². The molecule has 1 aliphatic rings. The van der Waals surface area contributed by atoms with Crippen LogP contribution in [-0.4, -0.2) is 30.1 Å². The molecule has 1 aliphatic carbocycles. The lowest BCUT2D eigenvalue weighted by molar-refractivity contribution is -0.134. The molecule has 1 amide bonds. The quantitative estimate of drug-likeness (QED) is 0.682. The van der Waals surface area contributed by atoms with Crippen LogP contribution in [0.5, 0.6) is 11.5 Å². The number of ether oxygens (including phenoxy) is 2. The van der Waals surface area contributed by atoms with Crippen LogP contribution in [0.25, 0.3) is 0 Å². The maximum atomic E-state index is 14.1. The number of nitrogens with zero attached hydrogens (tertiary/aromatic N) is 1. The van der Waals surface area contributed by atoms with E-state index in [2.05, 4.69) is 0 Å². The Hall–Kier alpha value is -2.27. The Morgan fingerprint density at radius 3 is 2.46 bits per heavy atom. The van der Waals surface area contributed by atoms with Crippen LogP contribution in [0, 0.1) is 5.82 Å². The lowest BCUT2D eigenvalue weighted by Gasteiger charge is -2.23. The SMILES string of the molecule is CCOc1ccccc1OCC(=O)N(Cc1c(F)cccc1Cl)C1CC1. The normalized spacial score (nSPS) is 13.3. The van der Waals surface area contributed by atoms with Crippen molar-refractivity contribution in [1.82, 2.24) is 4.90 Å². The number of halogens is 2. The highest BCUT2D eigenvalue weighted by molar-refractivity contribution is 6.31. The molecule has 2 aromatic rings. The minimum atomic E-state index is -0.404. The molecule has 1 saturated carbocycles. The number of benzene rings is 2. The van der Waals surface area contributed by atoms with E-state index in [-0.39, 0.29) is 25.1 Å². The lowest BCUT2D eigenvalue weighted by atomic mass is 10.2. The zero-order valence-electron chi connectivity index (χ0n) is 14.6. The molecule has 3 rings (SSSR count). The largest absolute Gasteiger partial charge is 0.490 e. The highest BCUT2D eigenvalue weighted by Crippen LogP contribution is 2.31. The van der Waals surface area contributed by atoms with Gasteiger partial charge in [-0.2, -0.15) is 0 Å². The molecule has 6 heteroatoms. The predicted octanol–water partition coefficient (Wildman–Crippen LogP) is 4.45. The molecule has 0 aliphatic heterocycles. The van der Waals surface area contributed by atoms with Crippen molar-refractivity contribution in [3.05, 3.63) is 58.9 Å². The summed E-state index contributed by atoms with van der Waals surface area (Å²) in [6.45, 7) is 2.40. The molecule has 0 unspecified atom stereocenters. The van der Waals surface area contributed by atoms with E-state index < -0.39 is 5.82 Å². The van der Waals surface area contributed by atoms with Gasteiger partial charge in [0.25, 0.3) is 5.91 Å². The van der Waals surface area contributed by atoms with Crippen LogP contribution in [0.4, 0.5) is 4.39 Å². The van der Waals surface area contributed by atoms with Crippen LogP contribution in [0.1, 0.15) is 25.3 Å². The maximum absolute atomic E-state index is 14.1. The van der Waals surface area contributed by atoms with Gasteiger partial charge in [-0.15, -0.1) is 0 Å². The van der Waals surface area contributed by atoms with E-state index in [1.165, 1.54) is 6.07 Å². The van der Waals surface area contributed by atoms with Crippen molar-refractivity contribution in [3.8, 4) is 11.5 Å². The smallest absolute Gasteiger partial charge is 0.261 e. The Morgan fingerprint density at radius 2 is 1.85 bits per heavy atom. The van der Waals surface area contributed by atoms with Gasteiger partial charge in [-0.25, -0.2) is 4.39 Å². The van der Waals surface area contributed by atoms with E-state index in [0.717, 1.165) is 12.8 Å². The van der Waals surface area contributed by atoms with Gasteiger partial charge in [-0.1, -0.05) is 29.8 Å². The fraction of sp³-hybridized carbons (Fsp3) is 0.350. The number of carbonyl (C=O) groups is 1. The van der Waals surface area contributed by atoms with Crippen LogP contribution >= 0.6 is 11.6 Å². The van der Waals surface area contributed by atoms with Gasteiger partial charge < -0.3 is 14.4 Å². The topological polar surface area (TPSA) is 38.8 Å². The fourth-order valence-electron chi connectivity index (χ4n) is 2.73. The van der Waals surface area contributed by atoms with Crippen LogP contribution < -0.4 is 9.47 Å². The molecule has 138 valence electrons. The summed E-state index contributed by atoms with van der Waals surface area (Å²) in [4.78, 5) is 14.3. The molecule has 1 fully saturated rings.